The Morgan fingerprint density at radius 1 is 1.21 bits per heavy atom. The fourth-order valence-corrected chi connectivity index (χ4v) is 2.72. The van der Waals surface area contributed by atoms with Gasteiger partial charge in [-0.15, -0.1) is 0 Å². The van der Waals surface area contributed by atoms with Crippen LogP contribution in [0.3, 0.4) is 0 Å². The molecule has 3 aromatic rings. The van der Waals surface area contributed by atoms with Crippen LogP contribution in [0.2, 0.25) is 0 Å². The molecule has 28 heavy (non-hydrogen) atoms. The minimum absolute atomic E-state index is 0.125. The van der Waals surface area contributed by atoms with Crippen molar-refractivity contribution in [3.63, 3.8) is 0 Å². The van der Waals surface area contributed by atoms with Crippen LogP contribution in [0.5, 0.6) is 0 Å². The van der Waals surface area contributed by atoms with Crippen LogP contribution >= 0.6 is 0 Å². The maximum absolute atomic E-state index is 12.7. The highest BCUT2D eigenvalue weighted by Gasteiger charge is 2.26. The second-order valence-corrected chi connectivity index (χ2v) is 6.49. The summed E-state index contributed by atoms with van der Waals surface area (Å²) in [6.07, 6.45) is 1.39. The van der Waals surface area contributed by atoms with Crippen molar-refractivity contribution in [1.82, 2.24) is 15.5 Å². The van der Waals surface area contributed by atoms with Gasteiger partial charge in [0.1, 0.15) is 6.04 Å². The van der Waals surface area contributed by atoms with Crippen LogP contribution in [0, 0.1) is 5.92 Å². The average Bonchev–Trinajstić information content (AvgIpc) is 3.34. The first-order chi connectivity index (χ1) is 13.4. The number of amides is 2. The molecule has 0 aliphatic rings. The lowest BCUT2D eigenvalue weighted by molar-refractivity contribution is -0.118. The van der Waals surface area contributed by atoms with Gasteiger partial charge < -0.3 is 19.8 Å². The van der Waals surface area contributed by atoms with Gasteiger partial charge in [0.05, 0.1) is 18.9 Å². The molecule has 0 radical (unpaired) electrons. The molecule has 1 unspecified atom stereocenters. The zero-order valence-electron chi connectivity index (χ0n) is 15.6. The van der Waals surface area contributed by atoms with Crippen molar-refractivity contribution >= 4 is 34.4 Å². The highest BCUT2D eigenvalue weighted by Crippen LogP contribution is 2.22. The lowest BCUT2D eigenvalue weighted by atomic mass is 10.0. The number of fused-ring (bicyclic) bond motifs is 1. The summed E-state index contributed by atoms with van der Waals surface area (Å²) in [7, 11) is 1.27. The molecule has 3 N–H and O–H groups in total. The summed E-state index contributed by atoms with van der Waals surface area (Å²) < 4.78 is 9.77. The van der Waals surface area contributed by atoms with Gasteiger partial charge in [0.15, 0.2) is 11.5 Å². The van der Waals surface area contributed by atoms with E-state index in [0.29, 0.717) is 16.6 Å². The summed E-state index contributed by atoms with van der Waals surface area (Å²) in [5.41, 5.74) is 1.21. The van der Waals surface area contributed by atoms with Crippen molar-refractivity contribution in [2.45, 2.75) is 19.9 Å². The van der Waals surface area contributed by atoms with Crippen molar-refractivity contribution < 1.29 is 23.5 Å². The lowest BCUT2D eigenvalue weighted by Gasteiger charge is -2.21. The third-order valence-electron chi connectivity index (χ3n) is 4.19. The summed E-state index contributed by atoms with van der Waals surface area (Å²) in [5, 5.41) is 12.6. The molecule has 0 aliphatic carbocycles. The number of ether oxygens (including phenoxy) is 1. The topological polar surface area (TPSA) is 126 Å². The summed E-state index contributed by atoms with van der Waals surface area (Å²) in [6.45, 7) is 3.64. The summed E-state index contributed by atoms with van der Waals surface area (Å²) in [4.78, 5) is 36.8. The van der Waals surface area contributed by atoms with Gasteiger partial charge in [0.2, 0.25) is 5.91 Å². The molecule has 0 aliphatic heterocycles. The largest absolute Gasteiger partial charge is 0.464 e. The molecule has 0 bridgehead atoms. The van der Waals surface area contributed by atoms with E-state index in [-0.39, 0.29) is 17.4 Å². The second-order valence-electron chi connectivity index (χ2n) is 6.49. The molecule has 9 heteroatoms. The Balaban J connectivity index is 1.79. The van der Waals surface area contributed by atoms with Crippen LogP contribution in [0.15, 0.2) is 41.0 Å². The minimum Gasteiger partial charge on any atom is -0.464 e. The lowest BCUT2D eigenvalue weighted by Crippen LogP contribution is -2.47. The number of benzene rings is 1. The summed E-state index contributed by atoms with van der Waals surface area (Å²) >= 11 is 0. The molecule has 2 heterocycles. The predicted molar refractivity (Wildman–Crippen MR) is 101 cm³/mol. The fraction of sp³-hybridized carbons (Fsp3) is 0.263. The number of carbonyl (C=O) groups is 3. The van der Waals surface area contributed by atoms with E-state index in [2.05, 4.69) is 20.8 Å². The highest BCUT2D eigenvalue weighted by molar-refractivity contribution is 6.05. The Morgan fingerprint density at radius 3 is 2.64 bits per heavy atom. The fourth-order valence-electron chi connectivity index (χ4n) is 2.72. The number of furan rings is 1. The third-order valence-corrected chi connectivity index (χ3v) is 4.19. The number of methoxy groups -OCH3 is 1. The SMILES string of the molecule is COC(=O)c1n[nH]c2ccc(NC(=O)C(NC(=O)c3ccco3)C(C)C)cc12. The van der Waals surface area contributed by atoms with E-state index in [4.69, 9.17) is 9.15 Å². The third kappa shape index (κ3) is 3.88. The van der Waals surface area contributed by atoms with Crippen molar-refractivity contribution in [3.8, 4) is 0 Å². The van der Waals surface area contributed by atoms with Crippen molar-refractivity contribution in [1.29, 1.82) is 0 Å². The van der Waals surface area contributed by atoms with Gasteiger partial charge in [-0.3, -0.25) is 14.7 Å². The maximum atomic E-state index is 12.7. The normalized spacial score (nSPS) is 12.0. The number of anilines is 1. The van der Waals surface area contributed by atoms with Crippen LogP contribution in [-0.2, 0) is 9.53 Å². The van der Waals surface area contributed by atoms with E-state index < -0.39 is 23.8 Å². The first-order valence-corrected chi connectivity index (χ1v) is 8.62. The quantitative estimate of drug-likeness (QED) is 0.560. The monoisotopic (exact) mass is 384 g/mol. The molecule has 2 aromatic heterocycles. The zero-order valence-corrected chi connectivity index (χ0v) is 15.6. The van der Waals surface area contributed by atoms with Crippen molar-refractivity contribution in [2.75, 3.05) is 12.4 Å². The second kappa shape index (κ2) is 7.95. The first kappa shape index (κ1) is 19.2. The number of hydrogen-bond acceptors (Lipinski definition) is 6. The van der Waals surface area contributed by atoms with E-state index in [9.17, 15) is 14.4 Å². The Labute approximate surface area is 160 Å². The molecule has 1 atom stereocenters. The number of carbonyl (C=O) groups excluding carboxylic acids is 3. The molecular formula is C19H20N4O5. The van der Waals surface area contributed by atoms with Gasteiger partial charge >= 0.3 is 5.97 Å². The van der Waals surface area contributed by atoms with Gasteiger partial charge in [0, 0.05) is 11.1 Å². The van der Waals surface area contributed by atoms with Gasteiger partial charge in [-0.2, -0.15) is 5.10 Å². The molecule has 0 fully saturated rings. The predicted octanol–water partition coefficient (Wildman–Crippen LogP) is 2.34. The number of hydrogen-bond donors (Lipinski definition) is 3. The van der Waals surface area contributed by atoms with Crippen LogP contribution in [-0.4, -0.2) is 41.1 Å². The number of rotatable bonds is 6. The van der Waals surface area contributed by atoms with Gasteiger partial charge in [-0.1, -0.05) is 13.8 Å². The maximum Gasteiger partial charge on any atom is 0.359 e. The van der Waals surface area contributed by atoms with E-state index in [1.54, 1.807) is 24.3 Å². The van der Waals surface area contributed by atoms with Crippen LogP contribution in [0.4, 0.5) is 5.69 Å². The van der Waals surface area contributed by atoms with Crippen LogP contribution in [0.1, 0.15) is 34.9 Å². The number of nitrogens with zero attached hydrogens (tertiary/aromatic N) is 1. The van der Waals surface area contributed by atoms with Gasteiger partial charge in [-0.25, -0.2) is 4.79 Å². The van der Waals surface area contributed by atoms with E-state index in [1.807, 2.05) is 13.8 Å². The van der Waals surface area contributed by atoms with Crippen molar-refractivity contribution in [3.05, 3.63) is 48.0 Å². The molecule has 3 rings (SSSR count). The summed E-state index contributed by atoms with van der Waals surface area (Å²) in [6, 6.07) is 7.32. The number of nitrogens with one attached hydrogen (secondary N) is 3. The molecular weight excluding hydrogens is 364 g/mol. The molecule has 146 valence electrons. The van der Waals surface area contributed by atoms with Crippen LogP contribution < -0.4 is 10.6 Å². The molecule has 9 nitrogen and oxygen atoms in total. The Kier molecular flexibility index (Phi) is 5.44. The molecule has 0 saturated heterocycles. The van der Waals surface area contributed by atoms with Gasteiger partial charge in [0.25, 0.3) is 5.91 Å². The van der Waals surface area contributed by atoms with E-state index >= 15 is 0 Å². The summed E-state index contributed by atoms with van der Waals surface area (Å²) in [5.74, 6) is -1.49. The van der Waals surface area contributed by atoms with Gasteiger partial charge in [-0.05, 0) is 36.2 Å². The minimum atomic E-state index is -0.780. The highest BCUT2D eigenvalue weighted by atomic mass is 16.5. The number of aromatic nitrogens is 2. The van der Waals surface area contributed by atoms with E-state index in [1.165, 1.54) is 19.4 Å². The Bertz CT molecular complexity index is 1010. The van der Waals surface area contributed by atoms with Crippen molar-refractivity contribution in [2.24, 2.45) is 5.92 Å². The molecule has 0 spiro atoms. The van der Waals surface area contributed by atoms with E-state index in [0.717, 1.165) is 0 Å². The zero-order chi connectivity index (χ0) is 20.3. The molecule has 1 aromatic carbocycles. The smallest absolute Gasteiger partial charge is 0.359 e. The standard InChI is InChI=1S/C19H20N4O5/c1-10(2)15(21-17(24)14-5-4-8-28-14)18(25)20-11-6-7-13-12(9-11)16(23-22-13)19(26)27-3/h4-10,15H,1-3H3,(H,20,25)(H,21,24)(H,22,23). The average molecular weight is 384 g/mol. The Hall–Kier alpha value is -3.62. The number of esters is 1. The Morgan fingerprint density at radius 2 is 2.00 bits per heavy atom. The number of aromatic amines is 1. The van der Waals surface area contributed by atoms with Crippen LogP contribution in [0.25, 0.3) is 10.9 Å². The molecule has 2 amide bonds. The first-order valence-electron chi connectivity index (χ1n) is 8.62. The number of H-pyrrole nitrogens is 1. The molecule has 0 saturated carbocycles.